The van der Waals surface area contributed by atoms with Crippen molar-refractivity contribution in [3.63, 3.8) is 0 Å². The predicted molar refractivity (Wildman–Crippen MR) is 61.6 cm³/mol. The van der Waals surface area contributed by atoms with E-state index in [4.69, 9.17) is 28.4 Å². The highest BCUT2D eigenvalue weighted by Gasteiger charge is 2.00. The van der Waals surface area contributed by atoms with Crippen LogP contribution in [0, 0.1) is 0 Å². The van der Waals surface area contributed by atoms with Crippen molar-refractivity contribution in [3.05, 3.63) is 12.2 Å². The van der Waals surface area contributed by atoms with Gasteiger partial charge in [-0.1, -0.05) is 0 Å². The van der Waals surface area contributed by atoms with Gasteiger partial charge in [0.05, 0.1) is 19.8 Å². The molecule has 0 aromatic heterocycles. The van der Waals surface area contributed by atoms with Gasteiger partial charge in [-0.15, -0.1) is 0 Å². The lowest BCUT2D eigenvalue weighted by Crippen LogP contribution is -2.09. The fourth-order valence-corrected chi connectivity index (χ4v) is 0.819. The predicted octanol–water partition coefficient (Wildman–Crippen LogP) is 0.774. The highest BCUT2D eigenvalue weighted by atomic mass is 16.7. The van der Waals surface area contributed by atoms with Crippen molar-refractivity contribution in [1.82, 2.24) is 0 Å². The Hall–Kier alpha value is -0.980. The van der Waals surface area contributed by atoms with Crippen LogP contribution >= 0.6 is 0 Å². The van der Waals surface area contributed by atoms with Gasteiger partial charge < -0.3 is 28.4 Å². The van der Waals surface area contributed by atoms with Gasteiger partial charge in [-0.05, 0) is 0 Å². The number of ether oxygens (including phenoxy) is 6. The minimum Gasteiger partial charge on any atom is -0.491 e. The Morgan fingerprint density at radius 2 is 1.18 bits per heavy atom. The van der Waals surface area contributed by atoms with E-state index >= 15 is 0 Å². The molecule has 0 spiro atoms. The summed E-state index contributed by atoms with van der Waals surface area (Å²) >= 11 is 0. The monoisotopic (exact) mass is 250 g/mol. The molecule has 0 fully saturated rings. The molecule has 0 unspecified atom stereocenters. The molecule has 0 saturated carbocycles. The van der Waals surface area contributed by atoms with E-state index in [2.05, 4.69) is 0 Å². The third-order valence-electron chi connectivity index (χ3n) is 1.65. The van der Waals surface area contributed by atoms with Gasteiger partial charge in [-0.3, -0.25) is 0 Å². The zero-order valence-electron chi connectivity index (χ0n) is 10.8. The Morgan fingerprint density at radius 1 is 0.706 bits per heavy atom. The lowest BCUT2D eigenvalue weighted by Gasteiger charge is -2.11. The van der Waals surface area contributed by atoms with Crippen LogP contribution in [0.5, 0.6) is 0 Å². The number of hydrogen-bond donors (Lipinski definition) is 0. The van der Waals surface area contributed by atoms with E-state index in [-0.39, 0.29) is 0 Å². The van der Waals surface area contributed by atoms with Crippen molar-refractivity contribution in [1.29, 1.82) is 0 Å². The number of rotatable bonds is 12. The van der Waals surface area contributed by atoms with Crippen LogP contribution in [0.3, 0.4) is 0 Å². The Morgan fingerprint density at radius 3 is 1.65 bits per heavy atom. The highest BCUT2D eigenvalue weighted by molar-refractivity contribution is 4.75. The molecule has 6 nitrogen and oxygen atoms in total. The summed E-state index contributed by atoms with van der Waals surface area (Å²) in [6, 6.07) is 0. The van der Waals surface area contributed by atoms with Crippen molar-refractivity contribution in [2.24, 2.45) is 0 Å². The van der Waals surface area contributed by atoms with Crippen LogP contribution in [0.1, 0.15) is 0 Å². The first-order chi connectivity index (χ1) is 8.35. The van der Waals surface area contributed by atoms with E-state index in [0.29, 0.717) is 45.6 Å². The fraction of sp³-hybridized carbons (Fsp3) is 0.818. The Balaban J connectivity index is 3.81. The van der Waals surface area contributed by atoms with E-state index in [1.807, 2.05) is 0 Å². The maximum atomic E-state index is 5.30. The van der Waals surface area contributed by atoms with Crippen LogP contribution in [-0.2, 0) is 28.4 Å². The molecule has 17 heavy (non-hydrogen) atoms. The third kappa shape index (κ3) is 11.3. The van der Waals surface area contributed by atoms with E-state index in [9.17, 15) is 0 Å². The van der Waals surface area contributed by atoms with Gasteiger partial charge in [-0.25, -0.2) is 0 Å². The molecule has 0 N–H and O–H groups in total. The largest absolute Gasteiger partial charge is 0.491 e. The molecule has 0 amide bonds. The molecule has 102 valence electrons. The molecule has 0 aliphatic carbocycles. The van der Waals surface area contributed by atoms with Crippen LogP contribution in [0.4, 0.5) is 0 Å². The maximum Gasteiger partial charge on any atom is 0.315 e. The summed E-state index contributed by atoms with van der Waals surface area (Å²) in [7, 11) is 4.82. The quantitative estimate of drug-likeness (QED) is 0.377. The molecule has 6 heteroatoms. The molecule has 0 aromatic carbocycles. The fourth-order valence-electron chi connectivity index (χ4n) is 0.819. The zero-order chi connectivity index (χ0) is 12.8. The van der Waals surface area contributed by atoms with Crippen LogP contribution < -0.4 is 0 Å². The van der Waals surface area contributed by atoms with E-state index in [1.165, 1.54) is 6.26 Å². The van der Waals surface area contributed by atoms with E-state index < -0.39 is 0 Å². The molecule has 0 rings (SSSR count). The van der Waals surface area contributed by atoms with E-state index in [0.717, 1.165) is 0 Å². The van der Waals surface area contributed by atoms with Gasteiger partial charge in [0.1, 0.15) is 19.8 Å². The number of hydrogen-bond acceptors (Lipinski definition) is 6. The van der Waals surface area contributed by atoms with Crippen molar-refractivity contribution < 1.29 is 28.4 Å². The molecular weight excluding hydrogens is 228 g/mol. The summed E-state index contributed by atoms with van der Waals surface area (Å²) in [5.41, 5.74) is 0. The SMILES string of the molecule is COCCOC=C(OCCOC)OCCOC. The lowest BCUT2D eigenvalue weighted by molar-refractivity contribution is -0.0130. The summed E-state index contributed by atoms with van der Waals surface area (Å²) in [6.45, 7) is 2.75. The van der Waals surface area contributed by atoms with Crippen LogP contribution in [0.15, 0.2) is 12.2 Å². The van der Waals surface area contributed by atoms with Crippen molar-refractivity contribution in [2.45, 2.75) is 0 Å². The molecule has 0 aromatic rings. The highest BCUT2D eigenvalue weighted by Crippen LogP contribution is 2.00. The average molecular weight is 250 g/mol. The first-order valence-electron chi connectivity index (χ1n) is 5.39. The summed E-state index contributed by atoms with van der Waals surface area (Å²) in [5.74, 6) is 0.315. The molecule has 0 atom stereocenters. The van der Waals surface area contributed by atoms with Gasteiger partial charge >= 0.3 is 5.95 Å². The summed E-state index contributed by atoms with van der Waals surface area (Å²) in [4.78, 5) is 0. The molecule has 0 radical (unpaired) electrons. The van der Waals surface area contributed by atoms with E-state index in [1.54, 1.807) is 21.3 Å². The Bertz CT molecular complexity index is 171. The third-order valence-corrected chi connectivity index (χ3v) is 1.65. The second-order valence-electron chi connectivity index (χ2n) is 2.98. The first kappa shape index (κ1) is 16.0. The summed E-state index contributed by atoms with van der Waals surface area (Å²) in [6.07, 6.45) is 1.42. The molecule has 0 bridgehead atoms. The van der Waals surface area contributed by atoms with Crippen molar-refractivity contribution in [3.8, 4) is 0 Å². The maximum absolute atomic E-state index is 5.30. The molecular formula is C11H22O6. The van der Waals surface area contributed by atoms with Crippen LogP contribution in [0.25, 0.3) is 0 Å². The van der Waals surface area contributed by atoms with Crippen LogP contribution in [-0.4, -0.2) is 61.0 Å². The number of methoxy groups -OCH3 is 3. The zero-order valence-corrected chi connectivity index (χ0v) is 10.8. The van der Waals surface area contributed by atoms with Crippen LogP contribution in [0.2, 0.25) is 0 Å². The topological polar surface area (TPSA) is 55.4 Å². The van der Waals surface area contributed by atoms with Gasteiger partial charge in [0.25, 0.3) is 0 Å². The summed E-state index contributed by atoms with van der Waals surface area (Å²) < 4.78 is 30.4. The van der Waals surface area contributed by atoms with Crippen molar-refractivity contribution in [2.75, 3.05) is 61.0 Å². The Kier molecular flexibility index (Phi) is 12.3. The second kappa shape index (κ2) is 13.1. The summed E-state index contributed by atoms with van der Waals surface area (Å²) in [5, 5.41) is 0. The smallest absolute Gasteiger partial charge is 0.315 e. The molecule has 0 heterocycles. The van der Waals surface area contributed by atoms with Gasteiger partial charge in [0.15, 0.2) is 6.26 Å². The average Bonchev–Trinajstić information content (AvgIpc) is 2.34. The normalized spacial score (nSPS) is 9.82. The Labute approximate surface area is 102 Å². The van der Waals surface area contributed by atoms with Crippen molar-refractivity contribution >= 4 is 0 Å². The molecule has 0 aliphatic rings. The van der Waals surface area contributed by atoms with Gasteiger partial charge in [0, 0.05) is 21.3 Å². The first-order valence-corrected chi connectivity index (χ1v) is 5.39. The second-order valence-corrected chi connectivity index (χ2v) is 2.98. The lowest BCUT2D eigenvalue weighted by atomic mass is 10.7. The van der Waals surface area contributed by atoms with Gasteiger partial charge in [0.2, 0.25) is 0 Å². The van der Waals surface area contributed by atoms with Gasteiger partial charge in [-0.2, -0.15) is 0 Å². The molecule has 0 aliphatic heterocycles. The molecule has 0 saturated heterocycles. The minimum absolute atomic E-state index is 0.315. The minimum atomic E-state index is 0.315. The standard InChI is InChI=1S/C11H22O6/c1-12-4-7-15-10-11(16-8-5-13-2)17-9-6-14-3/h10H,4-9H2,1-3H3.